The highest BCUT2D eigenvalue weighted by atomic mass is 16.6. The van der Waals surface area contributed by atoms with Gasteiger partial charge in [0.2, 0.25) is 0 Å². The molecule has 0 aliphatic heterocycles. The Bertz CT molecular complexity index is 1090. The minimum Gasteiger partial charge on any atom is -0.462 e. The van der Waals surface area contributed by atoms with Crippen LogP contribution in [-0.4, -0.2) is 37.2 Å². The van der Waals surface area contributed by atoms with Gasteiger partial charge in [0.05, 0.1) is 0 Å². The molecule has 0 bridgehead atoms. The number of ether oxygens (including phenoxy) is 3. The minimum absolute atomic E-state index is 0.0998. The van der Waals surface area contributed by atoms with Gasteiger partial charge in [-0.15, -0.1) is 6.58 Å². The molecule has 55 heavy (non-hydrogen) atoms. The van der Waals surface area contributed by atoms with E-state index in [4.69, 9.17) is 14.2 Å². The maximum atomic E-state index is 12.7. The highest BCUT2D eigenvalue weighted by molar-refractivity contribution is 5.71. The molecule has 0 aliphatic carbocycles. The summed E-state index contributed by atoms with van der Waals surface area (Å²) in [5.74, 6) is -0.965. The highest BCUT2D eigenvalue weighted by Crippen LogP contribution is 2.13. The molecule has 0 saturated heterocycles. The molecule has 0 amide bonds. The van der Waals surface area contributed by atoms with Gasteiger partial charge in [-0.1, -0.05) is 151 Å². The molecule has 0 spiro atoms. The Balaban J connectivity index is 4.38. The second kappa shape index (κ2) is 43.3. The number of unbranched alkanes of at least 4 members (excludes halogenated alkanes) is 15. The van der Waals surface area contributed by atoms with Crippen LogP contribution in [0, 0.1) is 0 Å². The maximum Gasteiger partial charge on any atom is 0.306 e. The average Bonchev–Trinajstić information content (AvgIpc) is 3.18. The molecule has 0 aromatic carbocycles. The third-order valence-electron chi connectivity index (χ3n) is 9.01. The summed E-state index contributed by atoms with van der Waals surface area (Å²) < 4.78 is 16.6. The van der Waals surface area contributed by atoms with Gasteiger partial charge in [-0.2, -0.15) is 0 Å². The topological polar surface area (TPSA) is 78.9 Å². The molecule has 0 radical (unpaired) electrons. The Kier molecular flexibility index (Phi) is 40.6. The van der Waals surface area contributed by atoms with E-state index in [1.165, 1.54) is 0 Å². The van der Waals surface area contributed by atoms with Gasteiger partial charge in [0.15, 0.2) is 6.10 Å². The van der Waals surface area contributed by atoms with Crippen LogP contribution in [0.5, 0.6) is 0 Å². The summed E-state index contributed by atoms with van der Waals surface area (Å²) in [5.41, 5.74) is 0. The number of rotatable bonds is 39. The lowest BCUT2D eigenvalue weighted by Gasteiger charge is -2.18. The fraction of sp³-hybridized carbons (Fsp3) is 0.653. The first-order chi connectivity index (χ1) is 27.0. The van der Waals surface area contributed by atoms with E-state index in [1.807, 2.05) is 6.08 Å². The average molecular weight is 765 g/mol. The zero-order valence-corrected chi connectivity index (χ0v) is 35.2. The lowest BCUT2D eigenvalue weighted by atomic mass is 10.1. The summed E-state index contributed by atoms with van der Waals surface area (Å²) in [6.45, 7) is 7.85. The number of allylic oxidation sites excluding steroid dienone is 13. The molecular formula is C49H80O6. The summed E-state index contributed by atoms with van der Waals surface area (Å²) in [7, 11) is 0. The highest BCUT2D eigenvalue weighted by Gasteiger charge is 2.19. The van der Waals surface area contributed by atoms with Gasteiger partial charge in [-0.05, 0) is 96.3 Å². The summed E-state index contributed by atoms with van der Waals surface area (Å²) in [5, 5.41) is 0. The van der Waals surface area contributed by atoms with E-state index in [0.717, 1.165) is 154 Å². The summed E-state index contributed by atoms with van der Waals surface area (Å²) >= 11 is 0. The van der Waals surface area contributed by atoms with Crippen molar-refractivity contribution in [3.8, 4) is 0 Å². The normalized spacial score (nSPS) is 12.6. The maximum absolute atomic E-state index is 12.7. The molecule has 0 saturated carbocycles. The van der Waals surface area contributed by atoms with Crippen molar-refractivity contribution in [2.75, 3.05) is 13.2 Å². The third-order valence-corrected chi connectivity index (χ3v) is 9.01. The Morgan fingerprint density at radius 3 is 1.15 bits per heavy atom. The molecule has 0 N–H and O–H groups in total. The lowest BCUT2D eigenvalue weighted by Crippen LogP contribution is -2.30. The number of hydrogen-bond donors (Lipinski definition) is 0. The number of carbonyl (C=O) groups is 3. The number of esters is 3. The van der Waals surface area contributed by atoms with E-state index >= 15 is 0 Å². The van der Waals surface area contributed by atoms with Crippen LogP contribution in [-0.2, 0) is 28.6 Å². The first-order valence-electron chi connectivity index (χ1n) is 22.0. The summed E-state index contributed by atoms with van der Waals surface area (Å²) in [6.07, 6.45) is 53.3. The molecule has 0 heterocycles. The largest absolute Gasteiger partial charge is 0.462 e. The molecule has 1 unspecified atom stereocenters. The van der Waals surface area contributed by atoms with Crippen LogP contribution in [0.15, 0.2) is 85.6 Å². The van der Waals surface area contributed by atoms with Crippen LogP contribution in [0.2, 0.25) is 0 Å². The van der Waals surface area contributed by atoms with Gasteiger partial charge in [-0.3, -0.25) is 14.4 Å². The first-order valence-corrected chi connectivity index (χ1v) is 22.0. The molecule has 312 valence electrons. The second-order valence-electron chi connectivity index (χ2n) is 14.3. The molecule has 0 rings (SSSR count). The van der Waals surface area contributed by atoms with Crippen molar-refractivity contribution in [3.63, 3.8) is 0 Å². The lowest BCUT2D eigenvalue weighted by molar-refractivity contribution is -0.167. The van der Waals surface area contributed by atoms with Gasteiger partial charge in [0.1, 0.15) is 13.2 Å². The molecule has 6 nitrogen and oxygen atoms in total. The predicted octanol–water partition coefficient (Wildman–Crippen LogP) is 14.1. The predicted molar refractivity (Wildman–Crippen MR) is 233 cm³/mol. The SMILES string of the molecule is C=CCCCCCCCC(=O)OCC(COC(=O)CCCCCCCC=CCC=CCC=CCC)OC(=O)CCCCCCCC=CCC=CCC=CCC. The van der Waals surface area contributed by atoms with Crippen LogP contribution < -0.4 is 0 Å². The molecule has 6 heteroatoms. The Morgan fingerprint density at radius 1 is 0.418 bits per heavy atom. The van der Waals surface area contributed by atoms with Gasteiger partial charge < -0.3 is 14.2 Å². The van der Waals surface area contributed by atoms with Crippen LogP contribution in [0.4, 0.5) is 0 Å². The molecule has 0 aliphatic rings. The van der Waals surface area contributed by atoms with E-state index < -0.39 is 6.10 Å². The van der Waals surface area contributed by atoms with Crippen molar-refractivity contribution in [1.29, 1.82) is 0 Å². The molecule has 0 aromatic heterocycles. The third kappa shape index (κ3) is 41.6. The van der Waals surface area contributed by atoms with E-state index in [1.54, 1.807) is 0 Å². The Morgan fingerprint density at radius 2 is 0.745 bits per heavy atom. The molecule has 0 fully saturated rings. The zero-order chi connectivity index (χ0) is 40.1. The summed E-state index contributed by atoms with van der Waals surface area (Å²) in [4.78, 5) is 37.6. The van der Waals surface area contributed by atoms with E-state index in [-0.39, 0.29) is 31.1 Å². The van der Waals surface area contributed by atoms with Crippen molar-refractivity contribution in [3.05, 3.63) is 85.6 Å². The number of hydrogen-bond acceptors (Lipinski definition) is 6. The Labute approximate surface area is 337 Å². The van der Waals surface area contributed by atoms with Crippen molar-refractivity contribution < 1.29 is 28.6 Å². The zero-order valence-electron chi connectivity index (χ0n) is 35.2. The Hall–Kier alpha value is -3.41. The minimum atomic E-state index is -0.796. The summed E-state index contributed by atoms with van der Waals surface area (Å²) in [6, 6.07) is 0. The molecule has 0 aromatic rings. The van der Waals surface area contributed by atoms with Crippen LogP contribution >= 0.6 is 0 Å². The first kappa shape index (κ1) is 51.6. The van der Waals surface area contributed by atoms with Gasteiger partial charge in [0.25, 0.3) is 0 Å². The molecular weight excluding hydrogens is 685 g/mol. The quantitative estimate of drug-likeness (QED) is 0.0268. The van der Waals surface area contributed by atoms with Gasteiger partial charge >= 0.3 is 17.9 Å². The number of carbonyl (C=O) groups excluding carboxylic acids is 3. The monoisotopic (exact) mass is 765 g/mol. The van der Waals surface area contributed by atoms with Crippen molar-refractivity contribution >= 4 is 17.9 Å². The van der Waals surface area contributed by atoms with E-state index in [9.17, 15) is 14.4 Å². The van der Waals surface area contributed by atoms with E-state index in [0.29, 0.717) is 19.3 Å². The second-order valence-corrected chi connectivity index (χ2v) is 14.3. The fourth-order valence-corrected chi connectivity index (χ4v) is 5.74. The van der Waals surface area contributed by atoms with Crippen LogP contribution in [0.25, 0.3) is 0 Å². The smallest absolute Gasteiger partial charge is 0.306 e. The fourth-order valence-electron chi connectivity index (χ4n) is 5.74. The van der Waals surface area contributed by atoms with Crippen LogP contribution in [0.1, 0.15) is 187 Å². The standard InChI is InChI=1S/C49H80O6/c1-4-7-10-13-16-18-20-22-24-26-28-30-33-36-39-42-48(51)54-45-46(44-53-47(50)41-38-35-32-15-12-9-6-3)55-49(52)43-40-37-34-31-29-27-25-23-21-19-17-14-11-8-5-2/h6-8,10-11,16-19,22-25,46H,3-5,9,12-15,20-21,26-45H2,1-2H3. The van der Waals surface area contributed by atoms with E-state index in [2.05, 4.69) is 93.3 Å². The van der Waals surface area contributed by atoms with Gasteiger partial charge in [0, 0.05) is 19.3 Å². The van der Waals surface area contributed by atoms with Crippen molar-refractivity contribution in [1.82, 2.24) is 0 Å². The molecule has 1 atom stereocenters. The van der Waals surface area contributed by atoms with Gasteiger partial charge in [-0.25, -0.2) is 0 Å². The van der Waals surface area contributed by atoms with Crippen molar-refractivity contribution in [2.24, 2.45) is 0 Å². The van der Waals surface area contributed by atoms with Crippen LogP contribution in [0.3, 0.4) is 0 Å². The van der Waals surface area contributed by atoms with Crippen molar-refractivity contribution in [2.45, 2.75) is 193 Å².